The van der Waals surface area contributed by atoms with Crippen LogP contribution in [0, 0.1) is 0 Å². The normalized spacial score (nSPS) is 12.5. The second kappa shape index (κ2) is 3.95. The Morgan fingerprint density at radius 2 is 1.81 bits per heavy atom. The number of nitrogen functional groups attached to an aromatic ring is 1. The van der Waals surface area contributed by atoms with Gasteiger partial charge in [-0.2, -0.15) is 0 Å². The average Bonchev–Trinajstić information content (AvgIpc) is 2.04. The van der Waals surface area contributed by atoms with Gasteiger partial charge in [-0.3, -0.25) is 0 Å². The summed E-state index contributed by atoms with van der Waals surface area (Å²) in [7, 11) is -3.82. The van der Waals surface area contributed by atoms with Crippen molar-refractivity contribution >= 4 is 15.7 Å². The molecule has 0 aliphatic carbocycles. The summed E-state index contributed by atoms with van der Waals surface area (Å²) in [4.78, 5) is -0.116. The van der Waals surface area contributed by atoms with E-state index < -0.39 is 15.6 Å². The second-order valence-corrected chi connectivity index (χ2v) is 5.96. The van der Waals surface area contributed by atoms with Gasteiger partial charge in [0, 0.05) is 0 Å². The van der Waals surface area contributed by atoms with E-state index in [9.17, 15) is 8.42 Å². The Bertz CT molecular complexity index is 489. The zero-order valence-electron chi connectivity index (χ0n) is 9.52. The molecule has 0 fully saturated rings. The lowest BCUT2D eigenvalue weighted by molar-refractivity contribution is 0.131. The number of benzene rings is 1. The number of anilines is 1. The molecule has 90 valence electrons. The fourth-order valence-electron chi connectivity index (χ4n) is 1.19. The molecule has 0 saturated heterocycles. The van der Waals surface area contributed by atoms with E-state index in [1.54, 1.807) is 6.07 Å². The molecular formula is C10H16N2O3S. The fraction of sp³-hybridized carbons (Fsp3) is 0.400. The van der Waals surface area contributed by atoms with Crippen LogP contribution >= 0.6 is 0 Å². The summed E-state index contributed by atoms with van der Waals surface area (Å²) in [5.41, 5.74) is 5.28. The molecule has 5 nitrogen and oxygen atoms in total. The summed E-state index contributed by atoms with van der Waals surface area (Å²) in [6, 6.07) is 4.49. The molecule has 1 aromatic carbocycles. The lowest BCUT2D eigenvalue weighted by Crippen LogP contribution is -2.24. The quantitative estimate of drug-likeness (QED) is 0.761. The minimum atomic E-state index is -3.82. The maximum absolute atomic E-state index is 11.2. The molecule has 0 radical (unpaired) electrons. The van der Waals surface area contributed by atoms with E-state index in [4.69, 9.17) is 15.6 Å². The van der Waals surface area contributed by atoms with Gasteiger partial charge in [-0.15, -0.1) is 0 Å². The highest BCUT2D eigenvalue weighted by molar-refractivity contribution is 7.89. The van der Waals surface area contributed by atoms with Crippen LogP contribution < -0.4 is 15.6 Å². The highest BCUT2D eigenvalue weighted by Crippen LogP contribution is 2.30. The number of para-hydroxylation sites is 1. The first kappa shape index (κ1) is 12.8. The van der Waals surface area contributed by atoms with E-state index in [1.165, 1.54) is 12.1 Å². The molecule has 4 N–H and O–H groups in total. The molecule has 0 aliphatic rings. The number of ether oxygens (including phenoxy) is 1. The molecule has 6 heteroatoms. The van der Waals surface area contributed by atoms with Gasteiger partial charge in [0.15, 0.2) is 0 Å². The number of rotatable bonds is 2. The number of hydrogen-bond acceptors (Lipinski definition) is 4. The SMILES string of the molecule is CC(C)(C)Oc1cccc(S(N)(=O)=O)c1N. The number of primary sulfonamides is 1. The van der Waals surface area contributed by atoms with Crippen LogP contribution in [0.4, 0.5) is 5.69 Å². The smallest absolute Gasteiger partial charge is 0.240 e. The number of hydrogen-bond donors (Lipinski definition) is 2. The first-order valence-electron chi connectivity index (χ1n) is 4.71. The zero-order chi connectivity index (χ0) is 12.6. The Labute approximate surface area is 95.4 Å². The highest BCUT2D eigenvalue weighted by atomic mass is 32.2. The molecule has 1 aromatic rings. The molecular weight excluding hydrogens is 228 g/mol. The van der Waals surface area contributed by atoms with Crippen molar-refractivity contribution in [1.82, 2.24) is 0 Å². The van der Waals surface area contributed by atoms with E-state index in [1.807, 2.05) is 20.8 Å². The van der Waals surface area contributed by atoms with Gasteiger partial charge in [-0.1, -0.05) is 6.07 Å². The number of sulfonamides is 1. The molecule has 0 heterocycles. The first-order valence-corrected chi connectivity index (χ1v) is 6.26. The zero-order valence-corrected chi connectivity index (χ0v) is 10.3. The highest BCUT2D eigenvalue weighted by Gasteiger charge is 2.19. The second-order valence-electron chi connectivity index (χ2n) is 4.43. The van der Waals surface area contributed by atoms with Crippen LogP contribution in [0.5, 0.6) is 5.75 Å². The maximum atomic E-state index is 11.2. The summed E-state index contributed by atoms with van der Waals surface area (Å²) >= 11 is 0. The Morgan fingerprint density at radius 3 is 2.25 bits per heavy atom. The summed E-state index contributed by atoms with van der Waals surface area (Å²) < 4.78 is 28.0. The fourth-order valence-corrected chi connectivity index (χ4v) is 1.87. The van der Waals surface area contributed by atoms with Crippen LogP contribution in [-0.4, -0.2) is 14.0 Å². The van der Waals surface area contributed by atoms with Crippen molar-refractivity contribution in [3.8, 4) is 5.75 Å². The number of nitrogens with two attached hydrogens (primary N) is 2. The largest absolute Gasteiger partial charge is 0.486 e. The lowest BCUT2D eigenvalue weighted by atomic mass is 10.2. The van der Waals surface area contributed by atoms with E-state index in [0.717, 1.165) is 0 Å². The van der Waals surface area contributed by atoms with Crippen LogP contribution in [0.1, 0.15) is 20.8 Å². The van der Waals surface area contributed by atoms with Crippen molar-refractivity contribution < 1.29 is 13.2 Å². The van der Waals surface area contributed by atoms with Gasteiger partial charge in [0.1, 0.15) is 16.2 Å². The summed E-state index contributed by atoms with van der Waals surface area (Å²) in [6.45, 7) is 5.53. The summed E-state index contributed by atoms with van der Waals surface area (Å²) in [5, 5.41) is 5.03. The average molecular weight is 244 g/mol. The molecule has 0 bridgehead atoms. The predicted octanol–water partition coefficient (Wildman–Crippen LogP) is 1.09. The van der Waals surface area contributed by atoms with E-state index >= 15 is 0 Å². The maximum Gasteiger partial charge on any atom is 0.240 e. The van der Waals surface area contributed by atoms with Gasteiger partial charge in [0.05, 0.1) is 5.69 Å². The van der Waals surface area contributed by atoms with Crippen molar-refractivity contribution in [3.05, 3.63) is 18.2 Å². The minimum absolute atomic E-state index is 0.0416. The standard InChI is InChI=1S/C10H16N2O3S/c1-10(2,3)15-7-5-4-6-8(9(7)11)16(12,13)14/h4-6H,11H2,1-3H3,(H2,12,13,14). The van der Waals surface area contributed by atoms with Gasteiger partial charge < -0.3 is 10.5 Å². The van der Waals surface area contributed by atoms with Crippen molar-refractivity contribution in [2.75, 3.05) is 5.73 Å². The van der Waals surface area contributed by atoms with Gasteiger partial charge in [-0.05, 0) is 32.9 Å². The summed E-state index contributed by atoms with van der Waals surface area (Å²) in [5.74, 6) is 0.319. The van der Waals surface area contributed by atoms with Crippen LogP contribution in [0.25, 0.3) is 0 Å². The Morgan fingerprint density at radius 1 is 1.25 bits per heavy atom. The van der Waals surface area contributed by atoms with Crippen LogP contribution in [-0.2, 0) is 10.0 Å². The molecule has 0 unspecified atom stereocenters. The van der Waals surface area contributed by atoms with Crippen molar-refractivity contribution in [3.63, 3.8) is 0 Å². The molecule has 1 rings (SSSR count). The first-order chi connectivity index (χ1) is 7.11. The van der Waals surface area contributed by atoms with E-state index in [2.05, 4.69) is 0 Å². The van der Waals surface area contributed by atoms with Crippen LogP contribution in [0.2, 0.25) is 0 Å². The molecule has 0 amide bonds. The van der Waals surface area contributed by atoms with Gasteiger partial charge in [0.25, 0.3) is 0 Å². The van der Waals surface area contributed by atoms with Crippen molar-refractivity contribution in [2.24, 2.45) is 5.14 Å². The molecule has 0 spiro atoms. The molecule has 0 aromatic heterocycles. The molecule has 16 heavy (non-hydrogen) atoms. The monoisotopic (exact) mass is 244 g/mol. The van der Waals surface area contributed by atoms with Crippen LogP contribution in [0.15, 0.2) is 23.1 Å². The van der Waals surface area contributed by atoms with Gasteiger partial charge >= 0.3 is 0 Å². The summed E-state index contributed by atoms with van der Waals surface area (Å²) in [6.07, 6.45) is 0. The van der Waals surface area contributed by atoms with E-state index in [0.29, 0.717) is 5.75 Å². The molecule has 0 aliphatic heterocycles. The van der Waals surface area contributed by atoms with Gasteiger partial charge in [0.2, 0.25) is 10.0 Å². The Hall–Kier alpha value is -1.27. The van der Waals surface area contributed by atoms with Gasteiger partial charge in [-0.25, -0.2) is 13.6 Å². The lowest BCUT2D eigenvalue weighted by Gasteiger charge is -2.22. The molecule has 0 atom stereocenters. The minimum Gasteiger partial charge on any atom is -0.486 e. The third-order valence-corrected chi connectivity index (χ3v) is 2.72. The topological polar surface area (TPSA) is 95.4 Å². The Kier molecular flexibility index (Phi) is 3.16. The van der Waals surface area contributed by atoms with Crippen molar-refractivity contribution in [2.45, 2.75) is 31.3 Å². The third kappa shape index (κ3) is 3.11. The van der Waals surface area contributed by atoms with Crippen LogP contribution in [0.3, 0.4) is 0 Å². The third-order valence-electron chi connectivity index (χ3n) is 1.75. The Balaban J connectivity index is 3.25. The van der Waals surface area contributed by atoms with E-state index in [-0.39, 0.29) is 10.6 Å². The molecule has 0 saturated carbocycles. The van der Waals surface area contributed by atoms with Crippen molar-refractivity contribution in [1.29, 1.82) is 0 Å². The predicted molar refractivity (Wildman–Crippen MR) is 62.6 cm³/mol.